The van der Waals surface area contributed by atoms with Gasteiger partial charge in [-0.1, -0.05) is 19.9 Å². The van der Waals surface area contributed by atoms with Gasteiger partial charge in [-0.15, -0.1) is 0 Å². The topological polar surface area (TPSA) is 118 Å². The van der Waals surface area contributed by atoms with Gasteiger partial charge in [-0.05, 0) is 42.7 Å². The number of carbonyl (C=O) groups excluding carboxylic acids is 1. The minimum Gasteiger partial charge on any atom is -0.369 e. The number of carbonyl (C=O) groups is 1. The van der Waals surface area contributed by atoms with Gasteiger partial charge in [0.1, 0.15) is 17.1 Å². The molecule has 0 unspecified atom stereocenters. The molecule has 8 nitrogen and oxygen atoms in total. The Morgan fingerprint density at radius 1 is 1.30 bits per heavy atom. The number of hydrogen-bond acceptors (Lipinski definition) is 6. The number of nitrogens with one attached hydrogen (secondary N) is 1. The van der Waals surface area contributed by atoms with Crippen LogP contribution in [0.3, 0.4) is 0 Å². The first-order chi connectivity index (χ1) is 13.9. The lowest BCUT2D eigenvalue weighted by molar-refractivity contribution is 0.102. The van der Waals surface area contributed by atoms with Gasteiger partial charge in [0.2, 0.25) is 16.0 Å². The predicted octanol–water partition coefficient (Wildman–Crippen LogP) is 2.40. The Labute approximate surface area is 175 Å². The number of nitrogens with zero attached hydrogens (tertiary/aromatic N) is 3. The first-order valence-corrected chi connectivity index (χ1v) is 10.9. The molecule has 2 aromatic rings. The summed E-state index contributed by atoms with van der Waals surface area (Å²) in [6.45, 7) is 5.53. The molecule has 1 aromatic carbocycles. The molecule has 0 saturated heterocycles. The molecule has 0 radical (unpaired) electrons. The van der Waals surface area contributed by atoms with E-state index in [9.17, 15) is 17.6 Å². The summed E-state index contributed by atoms with van der Waals surface area (Å²) < 4.78 is 40.2. The third kappa shape index (κ3) is 4.13. The molecular formula is C20H24FN5O3S. The van der Waals surface area contributed by atoms with Crippen molar-refractivity contribution in [1.82, 2.24) is 9.29 Å². The minimum absolute atomic E-state index is 0.0167. The maximum absolute atomic E-state index is 14.6. The van der Waals surface area contributed by atoms with Crippen molar-refractivity contribution in [3.05, 3.63) is 59.2 Å². The van der Waals surface area contributed by atoms with Gasteiger partial charge in [0.05, 0.1) is 5.75 Å². The van der Waals surface area contributed by atoms with E-state index in [0.717, 1.165) is 15.9 Å². The number of aliphatic imine (C=N–C) groups is 1. The standard InChI is InChI=1S/C20H24FN5O3S/c1-12(2)13-5-8-17(23-10-13)18(27)24-14-6-7-16(21)15(9-14)20(3)11-30(28,29)26(4)19(22)25-20/h5-10,12H,11H2,1-4H3,(H2,22,25)(H,24,27)/t20-/m0/s1. The summed E-state index contributed by atoms with van der Waals surface area (Å²) in [5.74, 6) is -1.51. The molecule has 2 heterocycles. The summed E-state index contributed by atoms with van der Waals surface area (Å²) in [6, 6.07) is 7.35. The van der Waals surface area contributed by atoms with E-state index in [1.54, 1.807) is 12.3 Å². The molecule has 1 atom stereocenters. The number of nitrogens with two attached hydrogens (primary N) is 1. The molecule has 1 amide bonds. The highest BCUT2D eigenvalue weighted by Crippen LogP contribution is 2.34. The van der Waals surface area contributed by atoms with Crippen LogP contribution in [-0.4, -0.2) is 42.4 Å². The van der Waals surface area contributed by atoms with Gasteiger partial charge in [-0.25, -0.2) is 22.1 Å². The van der Waals surface area contributed by atoms with Crippen LogP contribution in [0.15, 0.2) is 41.5 Å². The molecule has 0 spiro atoms. The molecule has 0 fully saturated rings. The predicted molar refractivity (Wildman–Crippen MR) is 113 cm³/mol. The van der Waals surface area contributed by atoms with Crippen molar-refractivity contribution < 1.29 is 17.6 Å². The van der Waals surface area contributed by atoms with Crippen LogP contribution in [0.25, 0.3) is 0 Å². The van der Waals surface area contributed by atoms with E-state index in [1.807, 2.05) is 19.9 Å². The van der Waals surface area contributed by atoms with Crippen molar-refractivity contribution >= 4 is 27.6 Å². The van der Waals surface area contributed by atoms with Crippen molar-refractivity contribution in [2.75, 3.05) is 18.1 Å². The third-order valence-electron chi connectivity index (χ3n) is 5.05. The average Bonchev–Trinajstić information content (AvgIpc) is 2.67. The first kappa shape index (κ1) is 21.7. The van der Waals surface area contributed by atoms with E-state index in [0.29, 0.717) is 0 Å². The maximum atomic E-state index is 14.6. The van der Waals surface area contributed by atoms with Crippen LogP contribution < -0.4 is 11.1 Å². The zero-order valence-electron chi connectivity index (χ0n) is 17.2. The van der Waals surface area contributed by atoms with E-state index in [1.165, 1.54) is 26.1 Å². The van der Waals surface area contributed by atoms with Gasteiger partial charge >= 0.3 is 0 Å². The maximum Gasteiger partial charge on any atom is 0.274 e. The Bertz CT molecular complexity index is 1120. The minimum atomic E-state index is -3.76. The smallest absolute Gasteiger partial charge is 0.274 e. The molecule has 0 bridgehead atoms. The SMILES string of the molecule is CC(C)c1ccc(C(=O)Nc2ccc(F)c([C@]3(C)CS(=O)(=O)N(C)C(N)=N3)c2)nc1. The molecule has 1 aliphatic heterocycles. The summed E-state index contributed by atoms with van der Waals surface area (Å²) in [4.78, 5) is 20.9. The van der Waals surface area contributed by atoms with Gasteiger partial charge in [0.25, 0.3) is 5.91 Å². The van der Waals surface area contributed by atoms with Gasteiger partial charge in [0.15, 0.2) is 0 Å². The molecule has 10 heteroatoms. The van der Waals surface area contributed by atoms with E-state index in [4.69, 9.17) is 5.73 Å². The fourth-order valence-electron chi connectivity index (χ4n) is 3.18. The Balaban J connectivity index is 1.91. The molecule has 3 N–H and O–H groups in total. The van der Waals surface area contributed by atoms with Gasteiger partial charge in [-0.2, -0.15) is 0 Å². The molecular weight excluding hydrogens is 409 g/mol. The van der Waals surface area contributed by atoms with E-state index < -0.39 is 33.0 Å². The second kappa shape index (κ2) is 7.67. The molecule has 1 aliphatic rings. The van der Waals surface area contributed by atoms with Crippen LogP contribution in [0.4, 0.5) is 10.1 Å². The first-order valence-electron chi connectivity index (χ1n) is 9.32. The Morgan fingerprint density at radius 3 is 2.57 bits per heavy atom. The monoisotopic (exact) mass is 433 g/mol. The highest BCUT2D eigenvalue weighted by atomic mass is 32.2. The number of sulfonamides is 1. The zero-order valence-corrected chi connectivity index (χ0v) is 18.0. The second-order valence-electron chi connectivity index (χ2n) is 7.75. The summed E-state index contributed by atoms with van der Waals surface area (Å²) in [5, 5.41) is 2.66. The van der Waals surface area contributed by atoms with Crippen LogP contribution in [-0.2, 0) is 15.6 Å². The zero-order chi connectivity index (χ0) is 22.3. The summed E-state index contributed by atoms with van der Waals surface area (Å²) >= 11 is 0. The van der Waals surface area contributed by atoms with Crippen LogP contribution in [0.2, 0.25) is 0 Å². The molecule has 30 heavy (non-hydrogen) atoms. The lowest BCUT2D eigenvalue weighted by Gasteiger charge is -2.34. The van der Waals surface area contributed by atoms with Crippen molar-refractivity contribution in [3.63, 3.8) is 0 Å². The van der Waals surface area contributed by atoms with Crippen molar-refractivity contribution in [2.24, 2.45) is 10.7 Å². The third-order valence-corrected chi connectivity index (χ3v) is 7.00. The van der Waals surface area contributed by atoms with Crippen LogP contribution in [0.1, 0.15) is 48.3 Å². The summed E-state index contributed by atoms with van der Waals surface area (Å²) in [6.07, 6.45) is 1.64. The van der Waals surface area contributed by atoms with E-state index >= 15 is 0 Å². The van der Waals surface area contributed by atoms with Crippen molar-refractivity contribution in [2.45, 2.75) is 32.2 Å². The molecule has 1 aromatic heterocycles. The normalized spacial score (nSPS) is 20.7. The highest BCUT2D eigenvalue weighted by molar-refractivity contribution is 7.89. The van der Waals surface area contributed by atoms with Crippen LogP contribution >= 0.6 is 0 Å². The number of halogens is 1. The largest absolute Gasteiger partial charge is 0.369 e. The van der Waals surface area contributed by atoms with Crippen molar-refractivity contribution in [3.8, 4) is 0 Å². The number of benzene rings is 1. The lowest BCUT2D eigenvalue weighted by Crippen LogP contribution is -2.50. The fraction of sp³-hybridized carbons (Fsp3) is 0.350. The number of pyridine rings is 1. The Hall–Kier alpha value is -3.01. The number of hydrogen-bond donors (Lipinski definition) is 2. The number of amides is 1. The summed E-state index contributed by atoms with van der Waals surface area (Å²) in [7, 11) is -2.47. The van der Waals surface area contributed by atoms with Gasteiger partial charge in [0, 0.05) is 24.5 Å². The molecule has 0 saturated carbocycles. The molecule has 0 aliphatic carbocycles. The number of guanidine groups is 1. The number of rotatable bonds is 4. The van der Waals surface area contributed by atoms with Crippen LogP contribution in [0.5, 0.6) is 0 Å². The Morgan fingerprint density at radius 2 is 2.00 bits per heavy atom. The second-order valence-corrected chi connectivity index (χ2v) is 9.75. The van der Waals surface area contributed by atoms with E-state index in [2.05, 4.69) is 15.3 Å². The van der Waals surface area contributed by atoms with Gasteiger partial charge in [-0.3, -0.25) is 9.78 Å². The average molecular weight is 434 g/mol. The lowest BCUT2D eigenvalue weighted by atomic mass is 9.93. The Kier molecular flexibility index (Phi) is 5.55. The fourth-order valence-corrected chi connectivity index (χ4v) is 4.63. The van der Waals surface area contributed by atoms with Crippen LogP contribution in [0, 0.1) is 5.82 Å². The van der Waals surface area contributed by atoms with Crippen molar-refractivity contribution in [1.29, 1.82) is 0 Å². The molecule has 3 rings (SSSR count). The van der Waals surface area contributed by atoms with E-state index in [-0.39, 0.29) is 28.8 Å². The highest BCUT2D eigenvalue weighted by Gasteiger charge is 2.41. The van der Waals surface area contributed by atoms with Gasteiger partial charge < -0.3 is 11.1 Å². The summed E-state index contributed by atoms with van der Waals surface area (Å²) in [5.41, 5.74) is 5.83. The quantitative estimate of drug-likeness (QED) is 0.768. The number of aromatic nitrogens is 1. The molecule has 160 valence electrons. The number of anilines is 1.